The Morgan fingerprint density at radius 2 is 2.13 bits per heavy atom. The van der Waals surface area contributed by atoms with Crippen LogP contribution in [0.1, 0.15) is 48.2 Å². The van der Waals surface area contributed by atoms with E-state index in [4.69, 9.17) is 9.52 Å². The van der Waals surface area contributed by atoms with Crippen molar-refractivity contribution in [1.29, 1.82) is 0 Å². The summed E-state index contributed by atoms with van der Waals surface area (Å²) in [6.07, 6.45) is 9.07. The number of carboxylic acids is 1. The van der Waals surface area contributed by atoms with Crippen molar-refractivity contribution in [3.8, 4) is 0 Å². The molecule has 1 heterocycles. The second-order valence-electron chi connectivity index (χ2n) is 4.33. The highest BCUT2D eigenvalue weighted by molar-refractivity contribution is 5.84. The SMILES string of the molecule is O=C(O)c1cc(CC2CCCCC2)co1. The predicted octanol–water partition coefficient (Wildman–Crippen LogP) is 3.10. The van der Waals surface area contributed by atoms with E-state index in [0.717, 1.165) is 17.9 Å². The van der Waals surface area contributed by atoms with Crippen LogP contribution in [0, 0.1) is 5.92 Å². The molecule has 82 valence electrons. The van der Waals surface area contributed by atoms with Gasteiger partial charge in [-0.1, -0.05) is 32.1 Å². The van der Waals surface area contributed by atoms with Crippen molar-refractivity contribution in [2.75, 3.05) is 0 Å². The minimum atomic E-state index is -0.982. The first-order chi connectivity index (χ1) is 7.25. The van der Waals surface area contributed by atoms with E-state index in [9.17, 15) is 4.79 Å². The molecule has 0 aromatic carbocycles. The molecule has 0 spiro atoms. The van der Waals surface area contributed by atoms with Gasteiger partial charge in [0.25, 0.3) is 0 Å². The molecule has 0 radical (unpaired) electrons. The van der Waals surface area contributed by atoms with Crippen molar-refractivity contribution < 1.29 is 14.3 Å². The summed E-state index contributed by atoms with van der Waals surface area (Å²) in [5.41, 5.74) is 1.03. The molecule has 2 rings (SSSR count). The molecule has 1 aromatic rings. The first kappa shape index (κ1) is 10.3. The second kappa shape index (κ2) is 4.51. The Balaban J connectivity index is 1.94. The zero-order chi connectivity index (χ0) is 10.7. The van der Waals surface area contributed by atoms with Crippen LogP contribution in [-0.2, 0) is 6.42 Å². The molecule has 1 saturated carbocycles. The van der Waals surface area contributed by atoms with E-state index >= 15 is 0 Å². The molecular formula is C12H16O3. The number of carbonyl (C=O) groups is 1. The highest BCUT2D eigenvalue weighted by Crippen LogP contribution is 2.27. The number of hydrogen-bond acceptors (Lipinski definition) is 2. The maximum absolute atomic E-state index is 10.6. The van der Waals surface area contributed by atoms with Crippen LogP contribution in [0.25, 0.3) is 0 Å². The van der Waals surface area contributed by atoms with Crippen molar-refractivity contribution in [2.45, 2.75) is 38.5 Å². The zero-order valence-corrected chi connectivity index (χ0v) is 8.74. The fraction of sp³-hybridized carbons (Fsp3) is 0.583. The van der Waals surface area contributed by atoms with E-state index in [1.165, 1.54) is 32.1 Å². The van der Waals surface area contributed by atoms with Crippen molar-refractivity contribution in [2.24, 2.45) is 5.92 Å². The summed E-state index contributed by atoms with van der Waals surface area (Å²) in [7, 11) is 0. The highest BCUT2D eigenvalue weighted by Gasteiger charge is 2.16. The predicted molar refractivity (Wildman–Crippen MR) is 55.9 cm³/mol. The molecule has 1 aromatic heterocycles. The monoisotopic (exact) mass is 208 g/mol. The maximum Gasteiger partial charge on any atom is 0.371 e. The molecule has 3 nitrogen and oxygen atoms in total. The number of aromatic carboxylic acids is 1. The van der Waals surface area contributed by atoms with Gasteiger partial charge in [0.05, 0.1) is 6.26 Å². The fourth-order valence-corrected chi connectivity index (χ4v) is 2.32. The van der Waals surface area contributed by atoms with E-state index in [-0.39, 0.29) is 5.76 Å². The number of rotatable bonds is 3. The van der Waals surface area contributed by atoms with Gasteiger partial charge in [0.15, 0.2) is 0 Å². The van der Waals surface area contributed by atoms with Gasteiger partial charge in [-0.3, -0.25) is 0 Å². The summed E-state index contributed by atoms with van der Waals surface area (Å²) >= 11 is 0. The Kier molecular flexibility index (Phi) is 3.09. The Morgan fingerprint density at radius 3 is 2.73 bits per heavy atom. The number of furan rings is 1. The van der Waals surface area contributed by atoms with Crippen LogP contribution in [0.2, 0.25) is 0 Å². The molecule has 1 N–H and O–H groups in total. The van der Waals surface area contributed by atoms with E-state index in [1.54, 1.807) is 12.3 Å². The first-order valence-corrected chi connectivity index (χ1v) is 5.56. The van der Waals surface area contributed by atoms with Gasteiger partial charge in [-0.15, -0.1) is 0 Å². The lowest BCUT2D eigenvalue weighted by Gasteiger charge is -2.20. The second-order valence-corrected chi connectivity index (χ2v) is 4.33. The van der Waals surface area contributed by atoms with Gasteiger partial charge in [0, 0.05) is 0 Å². The van der Waals surface area contributed by atoms with Crippen LogP contribution >= 0.6 is 0 Å². The third kappa shape index (κ3) is 2.61. The van der Waals surface area contributed by atoms with E-state index in [0.29, 0.717) is 0 Å². The van der Waals surface area contributed by atoms with E-state index < -0.39 is 5.97 Å². The average molecular weight is 208 g/mol. The van der Waals surface area contributed by atoms with Gasteiger partial charge >= 0.3 is 5.97 Å². The van der Waals surface area contributed by atoms with Gasteiger partial charge in [-0.05, 0) is 24.0 Å². The standard InChI is InChI=1S/C12H16O3/c13-12(14)11-7-10(8-15-11)6-9-4-2-1-3-5-9/h7-9H,1-6H2,(H,13,14). The Morgan fingerprint density at radius 1 is 1.40 bits per heavy atom. The lowest BCUT2D eigenvalue weighted by Crippen LogP contribution is -2.08. The largest absolute Gasteiger partial charge is 0.475 e. The molecule has 0 aliphatic heterocycles. The Hall–Kier alpha value is -1.25. The van der Waals surface area contributed by atoms with Gasteiger partial charge in [0.1, 0.15) is 0 Å². The third-order valence-corrected chi connectivity index (χ3v) is 3.11. The molecular weight excluding hydrogens is 192 g/mol. The normalized spacial score (nSPS) is 17.9. The molecule has 15 heavy (non-hydrogen) atoms. The van der Waals surface area contributed by atoms with Crippen LogP contribution in [0.15, 0.2) is 16.7 Å². The van der Waals surface area contributed by atoms with Gasteiger partial charge in [0.2, 0.25) is 5.76 Å². The summed E-state index contributed by atoms with van der Waals surface area (Å²) < 4.78 is 4.97. The minimum Gasteiger partial charge on any atom is -0.475 e. The molecule has 0 amide bonds. The molecule has 0 saturated heterocycles. The van der Waals surface area contributed by atoms with Crippen molar-refractivity contribution in [1.82, 2.24) is 0 Å². The van der Waals surface area contributed by atoms with Crippen molar-refractivity contribution >= 4 is 5.97 Å². The maximum atomic E-state index is 10.6. The zero-order valence-electron chi connectivity index (χ0n) is 8.74. The van der Waals surface area contributed by atoms with Crippen LogP contribution in [0.4, 0.5) is 0 Å². The van der Waals surface area contributed by atoms with Gasteiger partial charge in [-0.25, -0.2) is 4.79 Å². The topological polar surface area (TPSA) is 50.4 Å². The molecule has 3 heteroatoms. The van der Waals surface area contributed by atoms with Crippen molar-refractivity contribution in [3.63, 3.8) is 0 Å². The fourth-order valence-electron chi connectivity index (χ4n) is 2.32. The molecule has 0 atom stereocenters. The van der Waals surface area contributed by atoms with Gasteiger partial charge < -0.3 is 9.52 Å². The van der Waals surface area contributed by atoms with Crippen LogP contribution in [-0.4, -0.2) is 11.1 Å². The molecule has 1 fully saturated rings. The minimum absolute atomic E-state index is 0.0563. The highest BCUT2D eigenvalue weighted by atomic mass is 16.4. The van der Waals surface area contributed by atoms with Gasteiger partial charge in [-0.2, -0.15) is 0 Å². The van der Waals surface area contributed by atoms with Crippen molar-refractivity contribution in [3.05, 3.63) is 23.7 Å². The van der Waals surface area contributed by atoms with Crippen LogP contribution in [0.3, 0.4) is 0 Å². The third-order valence-electron chi connectivity index (χ3n) is 3.11. The lowest BCUT2D eigenvalue weighted by atomic mass is 9.85. The smallest absolute Gasteiger partial charge is 0.371 e. The summed E-state index contributed by atoms with van der Waals surface area (Å²) in [6.45, 7) is 0. The Bertz CT molecular complexity index is 334. The molecule has 0 unspecified atom stereocenters. The lowest BCUT2D eigenvalue weighted by molar-refractivity contribution is 0.0662. The first-order valence-electron chi connectivity index (χ1n) is 5.56. The average Bonchev–Trinajstić information content (AvgIpc) is 2.68. The van der Waals surface area contributed by atoms with Crippen LogP contribution in [0.5, 0.6) is 0 Å². The number of carboxylic acid groups (broad SMARTS) is 1. The quantitative estimate of drug-likeness (QED) is 0.830. The summed E-state index contributed by atoms with van der Waals surface area (Å²) in [4.78, 5) is 10.6. The Labute approximate surface area is 89.1 Å². The molecule has 0 bridgehead atoms. The summed E-state index contributed by atoms with van der Waals surface area (Å²) in [5.74, 6) is -0.205. The number of hydrogen-bond donors (Lipinski definition) is 1. The van der Waals surface area contributed by atoms with E-state index in [1.807, 2.05) is 0 Å². The summed E-state index contributed by atoms with van der Waals surface area (Å²) in [5, 5.41) is 8.71. The van der Waals surface area contributed by atoms with E-state index in [2.05, 4.69) is 0 Å². The molecule has 1 aliphatic rings. The molecule has 1 aliphatic carbocycles. The van der Waals surface area contributed by atoms with Crippen LogP contribution < -0.4 is 0 Å². The summed E-state index contributed by atoms with van der Waals surface area (Å²) in [6, 6.07) is 1.65.